The maximum Gasteiger partial charge on any atom is 0.239 e. The Balaban J connectivity index is 1.47. The Bertz CT molecular complexity index is 1080. The fourth-order valence-corrected chi connectivity index (χ4v) is 4.03. The van der Waals surface area contributed by atoms with Gasteiger partial charge in [-0.1, -0.05) is 48.5 Å². The first-order valence-electron chi connectivity index (χ1n) is 9.61. The van der Waals surface area contributed by atoms with Crippen molar-refractivity contribution in [2.75, 3.05) is 16.8 Å². The van der Waals surface area contributed by atoms with Crippen molar-refractivity contribution in [2.24, 2.45) is 10.2 Å². The molecule has 1 amide bonds. The lowest BCUT2D eigenvalue weighted by molar-refractivity contribution is -0.113. The third kappa shape index (κ3) is 7.25. The molecule has 0 radical (unpaired) electrons. The summed E-state index contributed by atoms with van der Waals surface area (Å²) in [4.78, 5) is 12.1. The molecule has 0 aliphatic rings. The van der Waals surface area contributed by atoms with Gasteiger partial charge in [-0.15, -0.1) is 0 Å². The summed E-state index contributed by atoms with van der Waals surface area (Å²) in [5, 5.41) is 10.9. The van der Waals surface area contributed by atoms with Gasteiger partial charge in [0.2, 0.25) is 5.91 Å². The number of anilines is 1. The van der Waals surface area contributed by atoms with Crippen LogP contribution in [0.5, 0.6) is 0 Å². The molecule has 0 heterocycles. The van der Waals surface area contributed by atoms with Gasteiger partial charge in [-0.05, 0) is 54.8 Å². The SMILES string of the molecule is O=C(CS(=O)(=O)CCCc1ccccc1)Nc1ccc(N=Nc2ccccc2)cc1. The fraction of sp³-hybridized carbons (Fsp3) is 0.174. The van der Waals surface area contributed by atoms with Gasteiger partial charge in [0.05, 0.1) is 17.1 Å². The van der Waals surface area contributed by atoms with E-state index >= 15 is 0 Å². The normalized spacial score (nSPS) is 11.5. The van der Waals surface area contributed by atoms with E-state index in [-0.39, 0.29) is 5.75 Å². The van der Waals surface area contributed by atoms with Crippen molar-refractivity contribution in [1.82, 2.24) is 0 Å². The number of nitrogens with zero attached hydrogens (tertiary/aromatic N) is 2. The maximum absolute atomic E-state index is 12.2. The summed E-state index contributed by atoms with van der Waals surface area (Å²) in [6.07, 6.45) is 1.15. The van der Waals surface area contributed by atoms with Crippen LogP contribution in [-0.2, 0) is 21.1 Å². The smallest absolute Gasteiger partial charge is 0.239 e. The van der Waals surface area contributed by atoms with Gasteiger partial charge in [-0.3, -0.25) is 4.79 Å². The first kappa shape index (κ1) is 21.4. The van der Waals surface area contributed by atoms with Crippen molar-refractivity contribution in [3.05, 3.63) is 90.5 Å². The van der Waals surface area contributed by atoms with Gasteiger partial charge >= 0.3 is 0 Å². The van der Waals surface area contributed by atoms with Crippen LogP contribution in [-0.4, -0.2) is 25.8 Å². The molecule has 6 nitrogen and oxygen atoms in total. The molecule has 0 aliphatic carbocycles. The van der Waals surface area contributed by atoms with E-state index in [1.807, 2.05) is 60.7 Å². The van der Waals surface area contributed by atoms with Crippen molar-refractivity contribution in [2.45, 2.75) is 12.8 Å². The molecule has 1 N–H and O–H groups in total. The van der Waals surface area contributed by atoms with Gasteiger partial charge in [0.15, 0.2) is 9.84 Å². The molecule has 0 fully saturated rings. The Morgan fingerprint density at radius 3 is 1.97 bits per heavy atom. The number of hydrogen-bond donors (Lipinski definition) is 1. The third-order valence-electron chi connectivity index (χ3n) is 4.30. The van der Waals surface area contributed by atoms with Crippen LogP contribution in [0.2, 0.25) is 0 Å². The van der Waals surface area contributed by atoms with Crippen LogP contribution in [0.25, 0.3) is 0 Å². The Morgan fingerprint density at radius 1 is 0.767 bits per heavy atom. The summed E-state index contributed by atoms with van der Waals surface area (Å²) in [6, 6.07) is 25.8. The van der Waals surface area contributed by atoms with E-state index in [2.05, 4.69) is 15.5 Å². The second-order valence-electron chi connectivity index (χ2n) is 6.81. The van der Waals surface area contributed by atoms with Crippen LogP contribution in [0.4, 0.5) is 17.1 Å². The lowest BCUT2D eigenvalue weighted by Crippen LogP contribution is -2.24. The molecule has 3 aromatic carbocycles. The lowest BCUT2D eigenvalue weighted by atomic mass is 10.1. The van der Waals surface area contributed by atoms with E-state index in [1.54, 1.807) is 24.3 Å². The molecule has 0 aromatic heterocycles. The third-order valence-corrected chi connectivity index (χ3v) is 5.92. The van der Waals surface area contributed by atoms with Gasteiger partial charge < -0.3 is 5.32 Å². The van der Waals surface area contributed by atoms with E-state index in [1.165, 1.54) is 0 Å². The summed E-state index contributed by atoms with van der Waals surface area (Å²) in [6.45, 7) is 0. The number of amides is 1. The van der Waals surface area contributed by atoms with Gasteiger partial charge in [0.25, 0.3) is 0 Å². The highest BCUT2D eigenvalue weighted by Crippen LogP contribution is 2.20. The van der Waals surface area contributed by atoms with Gasteiger partial charge in [-0.25, -0.2) is 8.42 Å². The molecule has 0 bridgehead atoms. The zero-order chi connectivity index (χ0) is 21.2. The first-order chi connectivity index (χ1) is 14.5. The number of carbonyl (C=O) groups is 1. The number of carbonyl (C=O) groups excluding carboxylic acids is 1. The standard InChI is InChI=1S/C23H23N3O3S/c27-23(18-30(28,29)17-7-10-19-8-3-1-4-9-19)24-20-13-15-22(16-14-20)26-25-21-11-5-2-6-12-21/h1-6,8-9,11-16H,7,10,17-18H2,(H,24,27). The Labute approximate surface area is 176 Å². The number of aryl methyl sites for hydroxylation is 1. The van der Waals surface area contributed by atoms with Crippen LogP contribution in [0.15, 0.2) is 95.2 Å². The molecule has 0 unspecified atom stereocenters. The topological polar surface area (TPSA) is 88.0 Å². The Hall–Kier alpha value is -3.32. The predicted molar refractivity (Wildman–Crippen MR) is 119 cm³/mol. The van der Waals surface area contributed by atoms with E-state index < -0.39 is 21.5 Å². The van der Waals surface area contributed by atoms with Crippen LogP contribution >= 0.6 is 0 Å². The molecule has 0 saturated heterocycles. The monoisotopic (exact) mass is 421 g/mol. The highest BCUT2D eigenvalue weighted by atomic mass is 32.2. The number of benzene rings is 3. The number of nitrogens with one attached hydrogen (secondary N) is 1. The minimum atomic E-state index is -3.46. The van der Waals surface area contributed by atoms with Crippen LogP contribution in [0.3, 0.4) is 0 Å². The molecule has 0 atom stereocenters. The summed E-state index contributed by atoms with van der Waals surface area (Å²) in [5.74, 6) is -1.10. The highest BCUT2D eigenvalue weighted by molar-refractivity contribution is 7.92. The molecule has 0 saturated carbocycles. The second-order valence-corrected chi connectivity index (χ2v) is 9.00. The maximum atomic E-state index is 12.2. The molecule has 0 aliphatic heterocycles. The van der Waals surface area contributed by atoms with Crippen molar-refractivity contribution < 1.29 is 13.2 Å². The fourth-order valence-electron chi connectivity index (χ4n) is 2.83. The summed E-state index contributed by atoms with van der Waals surface area (Å²) < 4.78 is 24.4. The van der Waals surface area contributed by atoms with E-state index in [0.29, 0.717) is 24.2 Å². The largest absolute Gasteiger partial charge is 0.325 e. The molecule has 0 spiro atoms. The molecule has 3 rings (SSSR count). The van der Waals surface area contributed by atoms with E-state index in [9.17, 15) is 13.2 Å². The molecule has 154 valence electrons. The Kier molecular flexibility index (Phi) is 7.45. The Morgan fingerprint density at radius 2 is 1.33 bits per heavy atom. The number of rotatable bonds is 9. The van der Waals surface area contributed by atoms with Crippen molar-refractivity contribution in [3.63, 3.8) is 0 Å². The quantitative estimate of drug-likeness (QED) is 0.488. The summed E-state index contributed by atoms with van der Waals surface area (Å²) >= 11 is 0. The average molecular weight is 422 g/mol. The van der Waals surface area contributed by atoms with E-state index in [0.717, 1.165) is 11.3 Å². The molecular formula is C23H23N3O3S. The summed E-state index contributed by atoms with van der Waals surface area (Å²) in [5.41, 5.74) is 2.97. The first-order valence-corrected chi connectivity index (χ1v) is 11.4. The zero-order valence-electron chi connectivity index (χ0n) is 16.4. The van der Waals surface area contributed by atoms with Crippen LogP contribution in [0.1, 0.15) is 12.0 Å². The summed E-state index contributed by atoms with van der Waals surface area (Å²) in [7, 11) is -3.46. The van der Waals surface area contributed by atoms with Crippen molar-refractivity contribution in [1.29, 1.82) is 0 Å². The predicted octanol–water partition coefficient (Wildman–Crippen LogP) is 5.09. The van der Waals surface area contributed by atoms with Crippen LogP contribution in [0, 0.1) is 0 Å². The number of hydrogen-bond acceptors (Lipinski definition) is 5. The lowest BCUT2D eigenvalue weighted by Gasteiger charge is -2.07. The highest BCUT2D eigenvalue weighted by Gasteiger charge is 2.16. The molecule has 3 aromatic rings. The number of azo groups is 1. The molecule has 7 heteroatoms. The van der Waals surface area contributed by atoms with E-state index in [4.69, 9.17) is 0 Å². The minimum absolute atomic E-state index is 0.0197. The average Bonchev–Trinajstić information content (AvgIpc) is 2.74. The van der Waals surface area contributed by atoms with Gasteiger partial charge in [0.1, 0.15) is 5.75 Å². The number of sulfone groups is 1. The van der Waals surface area contributed by atoms with Crippen molar-refractivity contribution in [3.8, 4) is 0 Å². The minimum Gasteiger partial charge on any atom is -0.325 e. The molecular weight excluding hydrogens is 398 g/mol. The van der Waals surface area contributed by atoms with Gasteiger partial charge in [0, 0.05) is 5.69 Å². The zero-order valence-corrected chi connectivity index (χ0v) is 17.3. The second kappa shape index (κ2) is 10.5. The van der Waals surface area contributed by atoms with Crippen LogP contribution < -0.4 is 5.32 Å². The van der Waals surface area contributed by atoms with Crippen molar-refractivity contribution >= 4 is 32.8 Å². The van der Waals surface area contributed by atoms with Gasteiger partial charge in [-0.2, -0.15) is 10.2 Å². The molecule has 30 heavy (non-hydrogen) atoms.